The molecular weight excluding hydrogens is 566 g/mol. The zero-order valence-electron chi connectivity index (χ0n) is 25.8. The zero-order valence-corrected chi connectivity index (χ0v) is 25.8. The normalized spacial score (nSPS) is 16.2. The van der Waals surface area contributed by atoms with Gasteiger partial charge in [0, 0.05) is 73.3 Å². The average Bonchev–Trinajstić information content (AvgIpc) is 3.50. The number of hydrogen-bond donors (Lipinski definition) is 2. The second-order valence-electron chi connectivity index (χ2n) is 11.6. The van der Waals surface area contributed by atoms with Gasteiger partial charge in [-0.05, 0) is 85.3 Å². The van der Waals surface area contributed by atoms with Gasteiger partial charge in [0.05, 0.1) is 12.3 Å². The molecule has 2 aromatic heterocycles. The van der Waals surface area contributed by atoms with Gasteiger partial charge >= 0.3 is 6.09 Å². The second-order valence-corrected chi connectivity index (χ2v) is 11.6. The molecule has 10 heteroatoms. The fourth-order valence-electron chi connectivity index (χ4n) is 5.98. The number of piperazine rings is 1. The summed E-state index contributed by atoms with van der Waals surface area (Å²) in [6, 6.07) is 17.8. The van der Waals surface area contributed by atoms with Crippen molar-refractivity contribution in [3.63, 3.8) is 0 Å². The number of aromatic nitrogens is 3. The molecule has 1 unspecified atom stereocenters. The third-order valence-corrected chi connectivity index (χ3v) is 8.54. The molecule has 3 heterocycles. The maximum absolute atomic E-state index is 13.3. The highest BCUT2D eigenvalue weighted by Gasteiger charge is 2.32. The van der Waals surface area contributed by atoms with Crippen molar-refractivity contribution in [2.75, 3.05) is 43.4 Å². The highest BCUT2D eigenvalue weighted by atomic mass is 16.6. The molecule has 232 valence electrons. The SMILES string of the molecule is CCCCOC(=O)N1CCN(C2CCc3cc(C(=O)Nc4ccc(C)c(Nc5nccc(-c6cccnc6)n5)c4)ccc32)CC1. The molecule has 10 nitrogen and oxygen atoms in total. The highest BCUT2D eigenvalue weighted by Crippen LogP contribution is 2.37. The highest BCUT2D eigenvalue weighted by molar-refractivity contribution is 6.04. The number of hydrogen-bond acceptors (Lipinski definition) is 8. The molecule has 1 atom stereocenters. The lowest BCUT2D eigenvalue weighted by Gasteiger charge is -2.37. The minimum atomic E-state index is -0.203. The lowest BCUT2D eigenvalue weighted by atomic mass is 10.0. The van der Waals surface area contributed by atoms with E-state index in [1.807, 2.05) is 60.4 Å². The van der Waals surface area contributed by atoms with Gasteiger partial charge in [-0.2, -0.15) is 0 Å². The van der Waals surface area contributed by atoms with Crippen molar-refractivity contribution in [2.24, 2.45) is 0 Å². The molecule has 0 radical (unpaired) electrons. The van der Waals surface area contributed by atoms with E-state index >= 15 is 0 Å². The van der Waals surface area contributed by atoms with Gasteiger partial charge in [0.2, 0.25) is 5.95 Å². The van der Waals surface area contributed by atoms with Gasteiger partial charge in [0.1, 0.15) is 0 Å². The summed E-state index contributed by atoms with van der Waals surface area (Å²) in [5.41, 5.74) is 7.29. The summed E-state index contributed by atoms with van der Waals surface area (Å²) in [6.45, 7) is 7.55. The van der Waals surface area contributed by atoms with Gasteiger partial charge in [0.15, 0.2) is 0 Å². The van der Waals surface area contributed by atoms with Crippen LogP contribution < -0.4 is 10.6 Å². The number of benzene rings is 2. The van der Waals surface area contributed by atoms with Crippen LogP contribution in [-0.4, -0.2) is 69.5 Å². The van der Waals surface area contributed by atoms with E-state index in [0.29, 0.717) is 42.9 Å². The quantitative estimate of drug-likeness (QED) is 0.211. The van der Waals surface area contributed by atoms with E-state index < -0.39 is 0 Å². The third-order valence-electron chi connectivity index (χ3n) is 8.54. The number of nitrogens with zero attached hydrogens (tertiary/aromatic N) is 5. The Kier molecular flexibility index (Phi) is 9.30. The molecule has 1 fully saturated rings. The molecule has 0 bridgehead atoms. The van der Waals surface area contributed by atoms with Crippen LogP contribution in [-0.2, 0) is 11.2 Å². The molecule has 6 rings (SSSR count). The topological polar surface area (TPSA) is 113 Å². The average molecular weight is 606 g/mol. The van der Waals surface area contributed by atoms with E-state index in [-0.39, 0.29) is 12.0 Å². The Labute approximate surface area is 263 Å². The Balaban J connectivity index is 1.08. The van der Waals surface area contributed by atoms with Crippen LogP contribution >= 0.6 is 0 Å². The summed E-state index contributed by atoms with van der Waals surface area (Å²) in [6.07, 6.45) is 8.85. The number of nitrogens with one attached hydrogen (secondary N) is 2. The van der Waals surface area contributed by atoms with Crippen LogP contribution in [0.3, 0.4) is 0 Å². The smallest absolute Gasteiger partial charge is 0.409 e. The first-order chi connectivity index (χ1) is 22.0. The number of amides is 2. The Morgan fingerprint density at radius 2 is 1.89 bits per heavy atom. The number of unbranched alkanes of at least 4 members (excludes halogenated alkanes) is 1. The van der Waals surface area contributed by atoms with Crippen molar-refractivity contribution in [2.45, 2.75) is 45.6 Å². The number of anilines is 3. The maximum Gasteiger partial charge on any atom is 0.409 e. The predicted octanol–water partition coefficient (Wildman–Crippen LogP) is 6.38. The fraction of sp³-hybridized carbons (Fsp3) is 0.343. The standard InChI is InChI=1S/C35H39N7O3/c1-3-4-20-45-35(44)42-18-16-41(17-19-42)32-12-9-25-21-26(8-11-29(25)32)33(43)38-28-10-7-24(2)31(22-28)40-34-37-15-13-30(39-34)27-6-5-14-36-23-27/h5-8,10-11,13-15,21-23,32H,3-4,9,12,16-20H2,1-2H3,(H,38,43)(H,37,39,40). The number of aryl methyl sites for hydroxylation is 2. The van der Waals surface area contributed by atoms with Crippen molar-refractivity contribution < 1.29 is 14.3 Å². The van der Waals surface area contributed by atoms with Gasteiger partial charge in [-0.15, -0.1) is 0 Å². The van der Waals surface area contributed by atoms with Crippen molar-refractivity contribution in [3.8, 4) is 11.3 Å². The number of carbonyl (C=O) groups excluding carboxylic acids is 2. The molecular formula is C35H39N7O3. The minimum absolute atomic E-state index is 0.152. The van der Waals surface area contributed by atoms with E-state index in [1.54, 1.807) is 18.6 Å². The molecule has 2 amide bonds. The molecule has 1 saturated heterocycles. The summed E-state index contributed by atoms with van der Waals surface area (Å²) in [4.78, 5) is 43.1. The van der Waals surface area contributed by atoms with Crippen molar-refractivity contribution in [3.05, 3.63) is 95.4 Å². The molecule has 1 aliphatic carbocycles. The molecule has 2 N–H and O–H groups in total. The van der Waals surface area contributed by atoms with Crippen molar-refractivity contribution in [1.29, 1.82) is 0 Å². The van der Waals surface area contributed by atoms with Crippen LogP contribution in [0.2, 0.25) is 0 Å². The predicted molar refractivity (Wildman–Crippen MR) is 175 cm³/mol. The number of carbonyl (C=O) groups is 2. The largest absolute Gasteiger partial charge is 0.449 e. The summed E-state index contributed by atoms with van der Waals surface area (Å²) in [5.74, 6) is 0.311. The Hall–Kier alpha value is -4.83. The van der Waals surface area contributed by atoms with E-state index in [2.05, 4.69) is 43.5 Å². The van der Waals surface area contributed by atoms with Crippen LogP contribution in [0.1, 0.15) is 59.3 Å². The van der Waals surface area contributed by atoms with Gasteiger partial charge in [0.25, 0.3) is 5.91 Å². The first-order valence-electron chi connectivity index (χ1n) is 15.7. The van der Waals surface area contributed by atoms with Crippen LogP contribution in [0.15, 0.2) is 73.2 Å². The summed E-state index contributed by atoms with van der Waals surface area (Å²) in [7, 11) is 0. The van der Waals surface area contributed by atoms with Gasteiger partial charge < -0.3 is 20.3 Å². The van der Waals surface area contributed by atoms with Gasteiger partial charge in [-0.25, -0.2) is 14.8 Å². The number of fused-ring (bicyclic) bond motifs is 1. The van der Waals surface area contributed by atoms with Crippen molar-refractivity contribution in [1.82, 2.24) is 24.8 Å². The Bertz CT molecular complexity index is 1650. The lowest BCUT2D eigenvalue weighted by molar-refractivity contribution is 0.0627. The molecule has 1 aliphatic heterocycles. The first kappa shape index (κ1) is 30.2. The van der Waals surface area contributed by atoms with Gasteiger partial charge in [-0.3, -0.25) is 14.7 Å². The Morgan fingerprint density at radius 3 is 2.69 bits per heavy atom. The van der Waals surface area contributed by atoms with Gasteiger partial charge in [-0.1, -0.05) is 25.5 Å². The van der Waals surface area contributed by atoms with Crippen LogP contribution in [0.25, 0.3) is 11.3 Å². The van der Waals surface area contributed by atoms with Crippen LogP contribution in [0, 0.1) is 6.92 Å². The monoisotopic (exact) mass is 605 g/mol. The Morgan fingerprint density at radius 1 is 1.02 bits per heavy atom. The number of rotatable bonds is 9. The molecule has 2 aromatic carbocycles. The van der Waals surface area contributed by atoms with E-state index in [4.69, 9.17) is 4.74 Å². The molecule has 0 saturated carbocycles. The fourth-order valence-corrected chi connectivity index (χ4v) is 5.98. The summed E-state index contributed by atoms with van der Waals surface area (Å²) in [5, 5.41) is 6.36. The number of pyridine rings is 1. The van der Waals surface area contributed by atoms with Crippen LogP contribution in [0.4, 0.5) is 22.1 Å². The van der Waals surface area contributed by atoms with E-state index in [1.165, 1.54) is 11.1 Å². The maximum atomic E-state index is 13.3. The molecule has 45 heavy (non-hydrogen) atoms. The number of ether oxygens (including phenoxy) is 1. The molecule has 2 aliphatic rings. The summed E-state index contributed by atoms with van der Waals surface area (Å²) >= 11 is 0. The van der Waals surface area contributed by atoms with Crippen molar-refractivity contribution >= 4 is 29.3 Å². The van der Waals surface area contributed by atoms with E-state index in [0.717, 1.165) is 61.3 Å². The minimum Gasteiger partial charge on any atom is -0.449 e. The summed E-state index contributed by atoms with van der Waals surface area (Å²) < 4.78 is 5.40. The molecule has 0 spiro atoms. The van der Waals surface area contributed by atoms with Crippen LogP contribution in [0.5, 0.6) is 0 Å². The first-order valence-corrected chi connectivity index (χ1v) is 15.7. The molecule has 4 aromatic rings. The van der Waals surface area contributed by atoms with E-state index in [9.17, 15) is 9.59 Å². The lowest BCUT2D eigenvalue weighted by Crippen LogP contribution is -2.49. The zero-order chi connectivity index (χ0) is 31.2. The second kappa shape index (κ2) is 13.9. The third kappa shape index (κ3) is 7.12.